The average Bonchev–Trinajstić information content (AvgIpc) is 3.04. The number of hydrogen-bond donors (Lipinski definition) is 1. The molecule has 0 radical (unpaired) electrons. The van der Waals surface area contributed by atoms with Crippen LogP contribution in [-0.2, 0) is 10.0 Å². The first-order valence-electron chi connectivity index (χ1n) is 8.17. The predicted molar refractivity (Wildman–Crippen MR) is 112 cm³/mol. The number of hydrogen-bond acceptors (Lipinski definition) is 7. The maximum Gasteiger partial charge on any atom is 0.257 e. The Morgan fingerprint density at radius 1 is 1.33 bits per heavy atom. The van der Waals surface area contributed by atoms with Crippen LogP contribution in [0.5, 0.6) is 0 Å². The highest BCUT2D eigenvalue weighted by Crippen LogP contribution is 2.27. The summed E-state index contributed by atoms with van der Waals surface area (Å²) in [4.78, 5) is 12.4. The summed E-state index contributed by atoms with van der Waals surface area (Å²) in [6.45, 7) is 7.98. The number of carbonyl (C=O) groups excluding carboxylic acids is 1. The lowest BCUT2D eigenvalue weighted by molar-refractivity contribution is 0.102. The minimum absolute atomic E-state index is 0.159. The fourth-order valence-corrected chi connectivity index (χ4v) is 4.66. The number of thioether (sulfide) groups is 1. The molecule has 10 heteroatoms. The second-order valence-electron chi connectivity index (χ2n) is 6.16. The molecular weight excluding hydrogens is 404 g/mol. The molecule has 2 rings (SSSR count). The zero-order valence-electron chi connectivity index (χ0n) is 15.4. The van der Waals surface area contributed by atoms with Crippen molar-refractivity contribution in [3.63, 3.8) is 0 Å². The first kappa shape index (κ1) is 21.4. The van der Waals surface area contributed by atoms with Crippen molar-refractivity contribution in [3.8, 4) is 0 Å². The Hall–Kier alpha value is -1.91. The molecule has 0 aliphatic heterocycles. The Balaban J connectivity index is 2.06. The van der Waals surface area contributed by atoms with E-state index in [0.717, 1.165) is 16.3 Å². The normalized spacial score (nSPS) is 11.4. The number of nitrogens with one attached hydrogen (secondary N) is 1. The lowest BCUT2D eigenvalue weighted by Gasteiger charge is -2.20. The molecule has 1 heterocycles. The van der Waals surface area contributed by atoms with Gasteiger partial charge >= 0.3 is 0 Å². The molecule has 1 N–H and O–H groups in total. The van der Waals surface area contributed by atoms with Crippen molar-refractivity contribution in [1.29, 1.82) is 0 Å². The molecule has 0 atom stereocenters. The highest BCUT2D eigenvalue weighted by molar-refractivity contribution is 8.01. The van der Waals surface area contributed by atoms with Gasteiger partial charge in [0.25, 0.3) is 5.91 Å². The van der Waals surface area contributed by atoms with Crippen molar-refractivity contribution in [2.24, 2.45) is 5.92 Å². The summed E-state index contributed by atoms with van der Waals surface area (Å²) in [5.41, 5.74) is 0.870. The van der Waals surface area contributed by atoms with E-state index in [-0.39, 0.29) is 12.5 Å². The van der Waals surface area contributed by atoms with Crippen molar-refractivity contribution in [3.05, 3.63) is 42.5 Å². The van der Waals surface area contributed by atoms with Crippen LogP contribution in [-0.4, -0.2) is 43.1 Å². The van der Waals surface area contributed by atoms with Gasteiger partial charge in [0, 0.05) is 11.3 Å². The van der Waals surface area contributed by atoms with E-state index < -0.39 is 10.0 Å². The van der Waals surface area contributed by atoms with Crippen LogP contribution >= 0.6 is 23.1 Å². The first-order chi connectivity index (χ1) is 12.7. The number of anilines is 2. The molecule has 0 aliphatic rings. The number of rotatable bonds is 9. The Kier molecular flexibility index (Phi) is 7.40. The molecule has 0 spiro atoms. The van der Waals surface area contributed by atoms with Gasteiger partial charge in [0.15, 0.2) is 4.34 Å². The number of amides is 1. The van der Waals surface area contributed by atoms with Crippen molar-refractivity contribution in [2.45, 2.75) is 18.2 Å². The van der Waals surface area contributed by atoms with Crippen LogP contribution in [0.4, 0.5) is 10.8 Å². The Morgan fingerprint density at radius 2 is 2.00 bits per heavy atom. The molecule has 0 aliphatic carbocycles. The van der Waals surface area contributed by atoms with Crippen LogP contribution in [0.2, 0.25) is 0 Å². The zero-order chi connectivity index (χ0) is 20.0. The second kappa shape index (κ2) is 9.34. The molecule has 1 amide bonds. The molecule has 0 fully saturated rings. The van der Waals surface area contributed by atoms with E-state index in [4.69, 9.17) is 0 Å². The van der Waals surface area contributed by atoms with E-state index in [1.807, 2.05) is 0 Å². The maximum absolute atomic E-state index is 12.4. The van der Waals surface area contributed by atoms with Crippen molar-refractivity contribution < 1.29 is 13.2 Å². The molecule has 0 saturated carbocycles. The lowest BCUT2D eigenvalue weighted by Crippen LogP contribution is -2.29. The molecule has 2 aromatic rings. The van der Waals surface area contributed by atoms with E-state index in [0.29, 0.717) is 22.3 Å². The summed E-state index contributed by atoms with van der Waals surface area (Å²) >= 11 is 2.93. The minimum Gasteiger partial charge on any atom is -0.296 e. The van der Waals surface area contributed by atoms with Crippen LogP contribution in [0.15, 0.2) is 41.3 Å². The third-order valence-electron chi connectivity index (χ3n) is 3.28. The summed E-state index contributed by atoms with van der Waals surface area (Å²) in [5.74, 6) is 1.15. The van der Waals surface area contributed by atoms with Gasteiger partial charge in [-0.1, -0.05) is 43.0 Å². The molecule has 0 unspecified atom stereocenters. The van der Waals surface area contributed by atoms with E-state index in [9.17, 15) is 13.2 Å². The smallest absolute Gasteiger partial charge is 0.257 e. The fraction of sp³-hybridized carbons (Fsp3) is 0.353. The Morgan fingerprint density at radius 3 is 2.56 bits per heavy atom. The molecule has 7 nitrogen and oxygen atoms in total. The standard InChI is InChI=1S/C17H22N4O3S3/c1-5-10-21(27(4,23)24)14-8-6-13(7-9-14)15(22)18-16-19-20-17(26-16)25-11-12(2)3/h5-9,12H,1,10-11H2,2-4H3,(H,18,19,22). The summed E-state index contributed by atoms with van der Waals surface area (Å²) in [6, 6.07) is 6.32. The summed E-state index contributed by atoms with van der Waals surface area (Å²) in [6.07, 6.45) is 2.63. The number of benzene rings is 1. The highest BCUT2D eigenvalue weighted by atomic mass is 32.2. The number of sulfonamides is 1. The third-order valence-corrected chi connectivity index (χ3v) is 6.84. The molecule has 1 aromatic heterocycles. The number of aromatic nitrogens is 2. The van der Waals surface area contributed by atoms with Gasteiger partial charge in [-0.15, -0.1) is 16.8 Å². The maximum atomic E-state index is 12.4. The van der Waals surface area contributed by atoms with Crippen LogP contribution in [0, 0.1) is 5.92 Å². The average molecular weight is 427 g/mol. The summed E-state index contributed by atoms with van der Waals surface area (Å²) < 4.78 is 25.7. The van der Waals surface area contributed by atoms with E-state index >= 15 is 0 Å². The van der Waals surface area contributed by atoms with Gasteiger partial charge < -0.3 is 0 Å². The zero-order valence-corrected chi connectivity index (χ0v) is 17.8. The van der Waals surface area contributed by atoms with Gasteiger partial charge in [-0.05, 0) is 30.2 Å². The van der Waals surface area contributed by atoms with Crippen molar-refractivity contribution in [2.75, 3.05) is 28.2 Å². The van der Waals surface area contributed by atoms with Crippen LogP contribution < -0.4 is 9.62 Å². The van der Waals surface area contributed by atoms with Gasteiger partial charge in [0.2, 0.25) is 15.2 Å². The van der Waals surface area contributed by atoms with Gasteiger partial charge in [0.05, 0.1) is 18.5 Å². The first-order valence-corrected chi connectivity index (χ1v) is 11.8. The van der Waals surface area contributed by atoms with E-state index in [2.05, 4.69) is 35.9 Å². The third kappa shape index (κ3) is 6.33. The highest BCUT2D eigenvalue weighted by Gasteiger charge is 2.17. The van der Waals surface area contributed by atoms with E-state index in [1.165, 1.54) is 21.7 Å². The Bertz CT molecular complexity index is 892. The van der Waals surface area contributed by atoms with Crippen molar-refractivity contribution in [1.82, 2.24) is 10.2 Å². The van der Waals surface area contributed by atoms with Gasteiger partial charge in [-0.2, -0.15) is 0 Å². The minimum atomic E-state index is -3.43. The van der Waals surface area contributed by atoms with E-state index in [1.54, 1.807) is 36.0 Å². The van der Waals surface area contributed by atoms with Gasteiger partial charge in [-0.25, -0.2) is 8.42 Å². The summed E-state index contributed by atoms with van der Waals surface area (Å²) in [5, 5.41) is 11.2. The molecule has 0 bridgehead atoms. The van der Waals surface area contributed by atoms with Crippen LogP contribution in [0.1, 0.15) is 24.2 Å². The molecule has 0 saturated heterocycles. The fourth-order valence-electron chi connectivity index (χ4n) is 2.05. The lowest BCUT2D eigenvalue weighted by atomic mass is 10.2. The topological polar surface area (TPSA) is 92.3 Å². The number of carbonyl (C=O) groups is 1. The summed E-state index contributed by atoms with van der Waals surface area (Å²) in [7, 11) is -3.43. The van der Waals surface area contributed by atoms with Gasteiger partial charge in [-0.3, -0.25) is 14.4 Å². The molecule has 1 aromatic carbocycles. The molecule has 27 heavy (non-hydrogen) atoms. The van der Waals surface area contributed by atoms with Crippen LogP contribution in [0.25, 0.3) is 0 Å². The molecule has 146 valence electrons. The largest absolute Gasteiger partial charge is 0.296 e. The van der Waals surface area contributed by atoms with Gasteiger partial charge in [0.1, 0.15) is 0 Å². The predicted octanol–water partition coefficient (Wildman–Crippen LogP) is 3.49. The van der Waals surface area contributed by atoms with Crippen LogP contribution in [0.3, 0.4) is 0 Å². The monoisotopic (exact) mass is 426 g/mol. The Labute approximate surface area is 167 Å². The molecular formula is C17H22N4O3S3. The number of nitrogens with zero attached hydrogens (tertiary/aromatic N) is 3. The quantitative estimate of drug-likeness (QED) is 0.375. The SMILES string of the molecule is C=CCN(c1ccc(C(=O)Nc2nnc(SCC(C)C)s2)cc1)S(C)(=O)=O. The van der Waals surface area contributed by atoms with Crippen molar-refractivity contribution >= 4 is 49.8 Å². The second-order valence-corrected chi connectivity index (χ2v) is 10.3.